The molecule has 0 unspecified atom stereocenters. The Kier molecular flexibility index (Phi) is 4.03. The normalized spacial score (nSPS) is 19.8. The fourth-order valence-electron chi connectivity index (χ4n) is 1.65. The van der Waals surface area contributed by atoms with Gasteiger partial charge in [0.15, 0.2) is 28.0 Å². The van der Waals surface area contributed by atoms with Crippen LogP contribution in [-0.4, -0.2) is 32.7 Å². The minimum atomic E-state index is -3.26. The molecule has 1 N–H and O–H groups in total. The Hall–Kier alpha value is -1.96. The van der Waals surface area contributed by atoms with Crippen LogP contribution in [-0.2, 0) is 14.6 Å². The van der Waals surface area contributed by atoms with Gasteiger partial charge in [-0.3, -0.25) is 4.79 Å². The maximum atomic E-state index is 13.2. The molecular formula is C12H11F2NO4S. The Labute approximate surface area is 114 Å². The molecule has 5 nitrogen and oxygen atoms in total. The summed E-state index contributed by atoms with van der Waals surface area (Å²) in [5.74, 6) is -2.72. The Morgan fingerprint density at radius 1 is 1.40 bits per heavy atom. The largest absolute Gasteiger partial charge is 0.481 e. The topological polar surface area (TPSA) is 72.5 Å². The van der Waals surface area contributed by atoms with Crippen LogP contribution in [0.1, 0.15) is 0 Å². The van der Waals surface area contributed by atoms with Crippen LogP contribution in [0.25, 0.3) is 0 Å². The van der Waals surface area contributed by atoms with E-state index >= 15 is 0 Å². The first-order valence-corrected chi connectivity index (χ1v) is 7.35. The third kappa shape index (κ3) is 3.77. The first kappa shape index (κ1) is 14.4. The average Bonchev–Trinajstić information content (AvgIpc) is 2.67. The molecule has 8 heteroatoms. The van der Waals surface area contributed by atoms with E-state index in [2.05, 4.69) is 5.32 Å². The molecule has 0 saturated heterocycles. The predicted octanol–water partition coefficient (Wildman–Crippen LogP) is 0.770. The molecule has 1 aliphatic rings. The van der Waals surface area contributed by atoms with Gasteiger partial charge in [-0.05, 0) is 18.2 Å². The zero-order chi connectivity index (χ0) is 14.8. The van der Waals surface area contributed by atoms with Gasteiger partial charge in [-0.1, -0.05) is 0 Å². The lowest BCUT2D eigenvalue weighted by Gasteiger charge is -2.11. The number of benzene rings is 1. The summed E-state index contributed by atoms with van der Waals surface area (Å²) in [6, 6.07) is 2.09. The van der Waals surface area contributed by atoms with Gasteiger partial charge in [-0.25, -0.2) is 17.2 Å². The maximum Gasteiger partial charge on any atom is 0.258 e. The molecule has 108 valence electrons. The molecule has 0 bridgehead atoms. The monoisotopic (exact) mass is 303 g/mol. The lowest BCUT2D eigenvalue weighted by Crippen LogP contribution is -2.38. The Balaban J connectivity index is 1.85. The molecule has 0 radical (unpaired) electrons. The van der Waals surface area contributed by atoms with E-state index in [1.165, 1.54) is 6.08 Å². The number of carbonyl (C=O) groups is 1. The Morgan fingerprint density at radius 2 is 2.15 bits per heavy atom. The van der Waals surface area contributed by atoms with Crippen molar-refractivity contribution in [3.05, 3.63) is 41.3 Å². The standard InChI is InChI=1S/C12H11F2NO4S/c13-8-1-2-11(10(14)5-8)19-6-12(16)15-9-3-4-20(17,18)7-9/h1-5,9H,6-7H2,(H,15,16)/t9-/m0/s1. The van der Waals surface area contributed by atoms with E-state index in [4.69, 9.17) is 4.74 Å². The first-order valence-electron chi connectivity index (χ1n) is 5.64. The van der Waals surface area contributed by atoms with Gasteiger partial charge in [0.25, 0.3) is 5.91 Å². The van der Waals surface area contributed by atoms with Crippen LogP contribution in [0.4, 0.5) is 8.78 Å². The number of carbonyl (C=O) groups excluding carboxylic acids is 1. The summed E-state index contributed by atoms with van der Waals surface area (Å²) >= 11 is 0. The van der Waals surface area contributed by atoms with Crippen LogP contribution in [0.15, 0.2) is 29.7 Å². The number of halogens is 2. The van der Waals surface area contributed by atoms with Crippen molar-refractivity contribution in [2.24, 2.45) is 0 Å². The van der Waals surface area contributed by atoms with Gasteiger partial charge < -0.3 is 10.1 Å². The average molecular weight is 303 g/mol. The van der Waals surface area contributed by atoms with Gasteiger partial charge in [-0.2, -0.15) is 0 Å². The summed E-state index contributed by atoms with van der Waals surface area (Å²) in [6.07, 6.45) is 1.35. The molecule has 1 aromatic carbocycles. The number of ether oxygens (including phenoxy) is 1. The van der Waals surface area contributed by atoms with Crippen LogP contribution < -0.4 is 10.1 Å². The van der Waals surface area contributed by atoms with Crippen molar-refractivity contribution in [2.75, 3.05) is 12.4 Å². The molecule has 1 heterocycles. The van der Waals surface area contributed by atoms with Crippen LogP contribution in [0.2, 0.25) is 0 Å². The van der Waals surface area contributed by atoms with Crippen molar-refractivity contribution in [1.82, 2.24) is 5.32 Å². The SMILES string of the molecule is O=C(COc1ccc(F)cc1F)N[C@H]1C=CS(=O)(=O)C1. The van der Waals surface area contributed by atoms with Gasteiger partial charge in [0, 0.05) is 11.5 Å². The molecule has 0 fully saturated rings. The number of nitrogens with one attached hydrogen (secondary N) is 1. The summed E-state index contributed by atoms with van der Waals surface area (Å²) < 4.78 is 53.0. The highest BCUT2D eigenvalue weighted by molar-refractivity contribution is 7.94. The molecule has 1 aliphatic heterocycles. The minimum Gasteiger partial charge on any atom is -0.481 e. The Morgan fingerprint density at radius 3 is 2.75 bits per heavy atom. The lowest BCUT2D eigenvalue weighted by atomic mass is 10.3. The Bertz CT molecular complexity index is 657. The van der Waals surface area contributed by atoms with Crippen molar-refractivity contribution in [2.45, 2.75) is 6.04 Å². The molecule has 0 aromatic heterocycles. The van der Waals surface area contributed by atoms with Crippen LogP contribution in [0.5, 0.6) is 5.75 Å². The van der Waals surface area contributed by atoms with Crippen LogP contribution in [0.3, 0.4) is 0 Å². The third-order valence-corrected chi connectivity index (χ3v) is 3.92. The van der Waals surface area contributed by atoms with Crippen molar-refractivity contribution in [1.29, 1.82) is 0 Å². The highest BCUT2D eigenvalue weighted by Crippen LogP contribution is 2.17. The van der Waals surface area contributed by atoms with E-state index < -0.39 is 40.0 Å². The lowest BCUT2D eigenvalue weighted by molar-refractivity contribution is -0.123. The zero-order valence-electron chi connectivity index (χ0n) is 10.2. The number of amides is 1. The molecule has 0 saturated carbocycles. The van der Waals surface area contributed by atoms with E-state index in [9.17, 15) is 22.0 Å². The van der Waals surface area contributed by atoms with Gasteiger partial charge >= 0.3 is 0 Å². The zero-order valence-corrected chi connectivity index (χ0v) is 11.0. The highest BCUT2D eigenvalue weighted by atomic mass is 32.2. The van der Waals surface area contributed by atoms with Crippen molar-refractivity contribution >= 4 is 15.7 Å². The number of hydrogen-bond donors (Lipinski definition) is 1. The smallest absolute Gasteiger partial charge is 0.258 e. The molecule has 1 aromatic rings. The van der Waals surface area contributed by atoms with Crippen molar-refractivity contribution < 1.29 is 26.7 Å². The second-order valence-electron chi connectivity index (χ2n) is 4.20. The van der Waals surface area contributed by atoms with Crippen molar-refractivity contribution in [3.63, 3.8) is 0 Å². The van der Waals surface area contributed by atoms with Gasteiger partial charge in [0.1, 0.15) is 5.82 Å². The van der Waals surface area contributed by atoms with Crippen LogP contribution in [0, 0.1) is 11.6 Å². The quantitative estimate of drug-likeness (QED) is 0.892. The van der Waals surface area contributed by atoms with E-state index in [1.807, 2.05) is 0 Å². The fourth-order valence-corrected chi connectivity index (χ4v) is 2.88. The van der Waals surface area contributed by atoms with Crippen LogP contribution >= 0.6 is 0 Å². The van der Waals surface area contributed by atoms with E-state index in [0.717, 1.165) is 17.5 Å². The summed E-state index contributed by atoms with van der Waals surface area (Å²) in [5, 5.41) is 3.44. The molecule has 1 amide bonds. The minimum absolute atomic E-state index is 0.205. The van der Waals surface area contributed by atoms with Gasteiger partial charge in [0.05, 0.1) is 11.8 Å². The summed E-state index contributed by atoms with van der Waals surface area (Å²) in [5.41, 5.74) is 0. The molecule has 1 atom stereocenters. The van der Waals surface area contributed by atoms with Crippen molar-refractivity contribution in [3.8, 4) is 5.75 Å². The summed E-state index contributed by atoms with van der Waals surface area (Å²) in [7, 11) is -3.26. The predicted molar refractivity (Wildman–Crippen MR) is 66.7 cm³/mol. The van der Waals surface area contributed by atoms with Gasteiger partial charge in [0.2, 0.25) is 0 Å². The number of rotatable bonds is 4. The van der Waals surface area contributed by atoms with E-state index in [0.29, 0.717) is 6.07 Å². The number of sulfone groups is 1. The highest BCUT2D eigenvalue weighted by Gasteiger charge is 2.23. The van der Waals surface area contributed by atoms with E-state index in [1.54, 1.807) is 0 Å². The molecular weight excluding hydrogens is 292 g/mol. The number of hydrogen-bond acceptors (Lipinski definition) is 4. The third-order valence-electron chi connectivity index (χ3n) is 2.53. The summed E-state index contributed by atoms with van der Waals surface area (Å²) in [4.78, 5) is 11.5. The second kappa shape index (κ2) is 5.58. The molecule has 2 rings (SSSR count). The molecule has 0 aliphatic carbocycles. The molecule has 0 spiro atoms. The summed E-state index contributed by atoms with van der Waals surface area (Å²) in [6.45, 7) is -0.493. The second-order valence-corrected chi connectivity index (χ2v) is 6.13. The maximum absolute atomic E-state index is 13.2. The van der Waals surface area contributed by atoms with Gasteiger partial charge in [-0.15, -0.1) is 0 Å². The first-order chi connectivity index (χ1) is 9.35. The van der Waals surface area contributed by atoms with E-state index in [-0.39, 0.29) is 11.5 Å². The molecule has 20 heavy (non-hydrogen) atoms. The fraction of sp³-hybridized carbons (Fsp3) is 0.250.